The van der Waals surface area contributed by atoms with Crippen LogP contribution < -0.4 is 21.7 Å². The van der Waals surface area contributed by atoms with Crippen molar-refractivity contribution in [2.24, 2.45) is 11.7 Å². The second-order valence-corrected chi connectivity index (χ2v) is 7.93. The molecule has 0 spiro atoms. The van der Waals surface area contributed by atoms with E-state index in [1.165, 1.54) is 12.8 Å². The third kappa shape index (κ3) is 5.10. The maximum Gasteiger partial charge on any atom is 0.229 e. The van der Waals surface area contributed by atoms with E-state index in [-0.39, 0.29) is 5.54 Å². The smallest absolute Gasteiger partial charge is 0.229 e. The van der Waals surface area contributed by atoms with E-state index >= 15 is 0 Å². The van der Waals surface area contributed by atoms with Gasteiger partial charge in [-0.3, -0.25) is 0 Å². The molecule has 1 fully saturated rings. The van der Waals surface area contributed by atoms with Gasteiger partial charge in [-0.05, 0) is 68.9 Å². The number of hydrogen-bond acceptors (Lipinski definition) is 6. The van der Waals surface area contributed by atoms with E-state index in [0.29, 0.717) is 11.9 Å². The summed E-state index contributed by atoms with van der Waals surface area (Å²) in [6, 6.07) is 8.00. The minimum absolute atomic E-state index is 0.365. The molecule has 1 aromatic heterocycles. The molecule has 0 unspecified atom stereocenters. The van der Waals surface area contributed by atoms with Gasteiger partial charge in [-0.1, -0.05) is 18.7 Å². The lowest BCUT2D eigenvalue weighted by Crippen LogP contribution is -2.28. The highest BCUT2D eigenvalue weighted by atomic mass is 15.2. The number of nitrogens with one attached hydrogen (secondary N) is 3. The molecule has 2 aromatic rings. The largest absolute Gasteiger partial charge is 0.375 e. The molecule has 0 amide bonds. The van der Waals surface area contributed by atoms with Gasteiger partial charge in [0.1, 0.15) is 11.6 Å². The summed E-state index contributed by atoms with van der Waals surface area (Å²) in [4.78, 5) is 9.02. The first kappa shape index (κ1) is 19.9. The molecule has 0 saturated heterocycles. The fourth-order valence-corrected chi connectivity index (χ4v) is 2.80. The van der Waals surface area contributed by atoms with E-state index in [2.05, 4.69) is 38.6 Å². The lowest BCUT2D eigenvalue weighted by Gasteiger charge is -2.19. The van der Waals surface area contributed by atoms with E-state index in [9.17, 15) is 0 Å². The summed E-state index contributed by atoms with van der Waals surface area (Å²) in [6.45, 7) is 10.1. The molecule has 1 aliphatic rings. The minimum Gasteiger partial charge on any atom is -0.375 e. The van der Waals surface area contributed by atoms with E-state index < -0.39 is 0 Å². The van der Waals surface area contributed by atoms with E-state index in [4.69, 9.17) is 5.73 Å². The average Bonchev–Trinajstić information content (AvgIpc) is 3.48. The number of allylic oxidation sites excluding steroid dienone is 2. The molecule has 1 heterocycles. The minimum atomic E-state index is -0.365. The Bertz CT molecular complexity index is 873. The second-order valence-electron chi connectivity index (χ2n) is 7.93. The van der Waals surface area contributed by atoms with Crippen molar-refractivity contribution in [3.8, 4) is 0 Å². The number of anilines is 3. The standard InChI is InChI=1S/C22H30N6/c1-14(16-6-7-16)12-19(24-5)27-20-15(2)13-25-21(28-20)26-18-10-8-17(9-11-18)22(3,4)23/h8-13,16,24H,1,6-7,23H2,2-5H3,(H2,25,26,27,28)/b19-12+. The van der Waals surface area contributed by atoms with Crippen LogP contribution in [0.4, 0.5) is 17.5 Å². The van der Waals surface area contributed by atoms with Crippen molar-refractivity contribution in [2.45, 2.75) is 39.2 Å². The Labute approximate surface area is 167 Å². The van der Waals surface area contributed by atoms with Gasteiger partial charge in [0.2, 0.25) is 5.95 Å². The van der Waals surface area contributed by atoms with Crippen LogP contribution >= 0.6 is 0 Å². The number of hydrogen-bond donors (Lipinski definition) is 4. The van der Waals surface area contributed by atoms with Gasteiger partial charge in [-0.2, -0.15) is 4.98 Å². The zero-order valence-corrected chi connectivity index (χ0v) is 17.1. The predicted octanol–water partition coefficient (Wildman–Crippen LogP) is 4.16. The van der Waals surface area contributed by atoms with E-state index in [1.807, 2.05) is 52.1 Å². The van der Waals surface area contributed by atoms with Crippen LogP contribution in [-0.2, 0) is 5.54 Å². The summed E-state index contributed by atoms with van der Waals surface area (Å²) < 4.78 is 0. The highest BCUT2D eigenvalue weighted by Gasteiger charge is 2.23. The van der Waals surface area contributed by atoms with Crippen LogP contribution in [0.1, 0.15) is 37.8 Å². The fourth-order valence-electron chi connectivity index (χ4n) is 2.80. The fraction of sp³-hybridized carbons (Fsp3) is 0.364. The topological polar surface area (TPSA) is 87.9 Å². The summed E-state index contributed by atoms with van der Waals surface area (Å²) >= 11 is 0. The lowest BCUT2D eigenvalue weighted by atomic mass is 9.96. The molecule has 0 bridgehead atoms. The number of aromatic nitrogens is 2. The number of rotatable bonds is 8. The molecule has 1 saturated carbocycles. The first-order valence-electron chi connectivity index (χ1n) is 9.61. The summed E-state index contributed by atoms with van der Waals surface area (Å²) in [6.07, 6.45) is 6.32. The molecule has 148 valence electrons. The van der Waals surface area contributed by atoms with Gasteiger partial charge in [0.25, 0.3) is 0 Å². The maximum atomic E-state index is 6.14. The molecule has 28 heavy (non-hydrogen) atoms. The van der Waals surface area contributed by atoms with Gasteiger partial charge in [-0.15, -0.1) is 0 Å². The number of nitrogens with zero attached hydrogens (tertiary/aromatic N) is 2. The molecular formula is C22H30N6. The molecule has 6 heteroatoms. The van der Waals surface area contributed by atoms with Gasteiger partial charge >= 0.3 is 0 Å². The van der Waals surface area contributed by atoms with Gasteiger partial charge in [0.05, 0.1) is 0 Å². The van der Waals surface area contributed by atoms with Crippen molar-refractivity contribution in [3.05, 3.63) is 65.6 Å². The number of benzene rings is 1. The van der Waals surface area contributed by atoms with E-state index in [1.54, 1.807) is 6.20 Å². The number of aryl methyl sites for hydroxylation is 1. The van der Waals surface area contributed by atoms with Crippen molar-refractivity contribution in [1.29, 1.82) is 0 Å². The van der Waals surface area contributed by atoms with Crippen molar-refractivity contribution >= 4 is 17.5 Å². The van der Waals surface area contributed by atoms with Gasteiger partial charge in [0, 0.05) is 30.0 Å². The Morgan fingerprint density at radius 1 is 1.25 bits per heavy atom. The predicted molar refractivity (Wildman–Crippen MR) is 116 cm³/mol. The maximum absolute atomic E-state index is 6.14. The molecule has 3 rings (SSSR count). The average molecular weight is 379 g/mol. The quantitative estimate of drug-likeness (QED) is 0.516. The SMILES string of the molecule is C=C(/C=C(\NC)Nc1nc(Nc2ccc(C(C)(C)N)cc2)ncc1C)C1CC1. The Balaban J connectivity index is 1.74. The van der Waals surface area contributed by atoms with Crippen LogP contribution in [0.5, 0.6) is 0 Å². The number of nitrogens with two attached hydrogens (primary N) is 1. The first-order valence-corrected chi connectivity index (χ1v) is 9.61. The van der Waals surface area contributed by atoms with Crippen LogP contribution in [0, 0.1) is 12.8 Å². The van der Waals surface area contributed by atoms with Gasteiger partial charge in [0.15, 0.2) is 0 Å². The third-order valence-corrected chi connectivity index (χ3v) is 4.81. The normalized spacial score (nSPS) is 14.5. The van der Waals surface area contributed by atoms with Gasteiger partial charge < -0.3 is 21.7 Å². The lowest BCUT2D eigenvalue weighted by molar-refractivity contribution is 0.554. The molecule has 5 N–H and O–H groups in total. The van der Waals surface area contributed by atoms with Crippen molar-refractivity contribution in [1.82, 2.24) is 15.3 Å². The zero-order valence-electron chi connectivity index (χ0n) is 17.1. The monoisotopic (exact) mass is 378 g/mol. The highest BCUT2D eigenvalue weighted by molar-refractivity contribution is 5.58. The molecule has 6 nitrogen and oxygen atoms in total. The molecular weight excluding hydrogens is 348 g/mol. The summed E-state index contributed by atoms with van der Waals surface area (Å²) in [5.41, 5.74) is 9.87. The van der Waals surface area contributed by atoms with Crippen molar-refractivity contribution < 1.29 is 0 Å². The van der Waals surface area contributed by atoms with Crippen LogP contribution in [0.25, 0.3) is 0 Å². The van der Waals surface area contributed by atoms with Crippen LogP contribution in [0.2, 0.25) is 0 Å². The Morgan fingerprint density at radius 2 is 1.93 bits per heavy atom. The first-order chi connectivity index (χ1) is 13.3. The zero-order chi connectivity index (χ0) is 20.3. The van der Waals surface area contributed by atoms with Crippen LogP contribution in [-0.4, -0.2) is 17.0 Å². The third-order valence-electron chi connectivity index (χ3n) is 4.81. The Morgan fingerprint density at radius 3 is 2.50 bits per heavy atom. The molecule has 1 aliphatic carbocycles. The molecule has 1 aromatic carbocycles. The molecule has 0 radical (unpaired) electrons. The van der Waals surface area contributed by atoms with Crippen molar-refractivity contribution in [2.75, 3.05) is 17.7 Å². The second kappa shape index (κ2) is 8.02. The summed E-state index contributed by atoms with van der Waals surface area (Å²) in [5, 5.41) is 9.77. The van der Waals surface area contributed by atoms with Crippen LogP contribution in [0.3, 0.4) is 0 Å². The van der Waals surface area contributed by atoms with Crippen molar-refractivity contribution in [3.63, 3.8) is 0 Å². The molecule has 0 atom stereocenters. The summed E-state index contributed by atoms with van der Waals surface area (Å²) in [7, 11) is 1.88. The van der Waals surface area contributed by atoms with Crippen LogP contribution in [0.15, 0.2) is 54.5 Å². The van der Waals surface area contributed by atoms with E-state index in [0.717, 1.165) is 34.0 Å². The van der Waals surface area contributed by atoms with Gasteiger partial charge in [-0.25, -0.2) is 4.98 Å². The highest BCUT2D eigenvalue weighted by Crippen LogP contribution is 2.36. The Hall–Kier alpha value is -2.86. The summed E-state index contributed by atoms with van der Waals surface area (Å²) in [5.74, 6) is 2.78. The Kier molecular flexibility index (Phi) is 5.70. The molecule has 0 aliphatic heterocycles.